The van der Waals surface area contributed by atoms with E-state index in [1.807, 2.05) is 6.92 Å². The molecule has 0 heterocycles. The third-order valence-corrected chi connectivity index (χ3v) is 1.89. The van der Waals surface area contributed by atoms with Gasteiger partial charge >= 0.3 is 5.97 Å². The number of hydrogen-bond donors (Lipinski definition) is 4. The molecule has 0 rings (SSSR count). The van der Waals surface area contributed by atoms with Gasteiger partial charge in [0.25, 0.3) is 0 Å². The average Bonchev–Trinajstić information content (AvgIpc) is 2.14. The van der Waals surface area contributed by atoms with Crippen LogP contribution in [0.5, 0.6) is 0 Å². The van der Waals surface area contributed by atoms with E-state index >= 15 is 0 Å². The summed E-state index contributed by atoms with van der Waals surface area (Å²) in [7, 11) is 0. The summed E-state index contributed by atoms with van der Waals surface area (Å²) in [5.74, 6) is -1.51. The van der Waals surface area contributed by atoms with E-state index in [2.05, 4.69) is 5.32 Å². The van der Waals surface area contributed by atoms with Gasteiger partial charge in [0.15, 0.2) is 0 Å². The summed E-state index contributed by atoms with van der Waals surface area (Å²) < 4.78 is 0. The van der Waals surface area contributed by atoms with Crippen molar-refractivity contribution in [3.05, 3.63) is 0 Å². The molecule has 6 nitrogen and oxygen atoms in total. The van der Waals surface area contributed by atoms with Gasteiger partial charge in [-0.05, 0) is 12.8 Å². The van der Waals surface area contributed by atoms with Crippen molar-refractivity contribution in [2.45, 2.75) is 44.9 Å². The summed E-state index contributed by atoms with van der Waals surface area (Å²) in [6, 6.07) is -1.03. The molecular formula is C9H18N2O4. The number of carbonyl (C=O) groups excluding carboxylic acids is 1. The van der Waals surface area contributed by atoms with Gasteiger partial charge in [0.2, 0.25) is 5.91 Å². The van der Waals surface area contributed by atoms with E-state index in [-0.39, 0.29) is 18.7 Å². The number of carboxylic acid groups (broad SMARTS) is 1. The summed E-state index contributed by atoms with van der Waals surface area (Å²) in [5.41, 5.74) is 5.21. The lowest BCUT2D eigenvalue weighted by Crippen LogP contribution is -2.36. The SMILES string of the molecule is CCCC(O)NC(=O)CCC(N)C(=O)O. The van der Waals surface area contributed by atoms with E-state index in [1.165, 1.54) is 0 Å². The molecule has 0 radical (unpaired) electrons. The van der Waals surface area contributed by atoms with E-state index in [0.29, 0.717) is 6.42 Å². The Hall–Kier alpha value is -1.14. The minimum absolute atomic E-state index is 0.00818. The van der Waals surface area contributed by atoms with Gasteiger partial charge in [0.1, 0.15) is 12.3 Å². The van der Waals surface area contributed by atoms with Crippen LogP contribution in [0.15, 0.2) is 0 Å². The Labute approximate surface area is 88.5 Å². The Bertz CT molecular complexity index is 220. The van der Waals surface area contributed by atoms with Crippen molar-refractivity contribution in [3.8, 4) is 0 Å². The maximum atomic E-state index is 11.1. The molecule has 2 unspecified atom stereocenters. The van der Waals surface area contributed by atoms with Crippen LogP contribution in [0.25, 0.3) is 0 Å². The first-order valence-corrected chi connectivity index (χ1v) is 4.93. The topological polar surface area (TPSA) is 113 Å². The number of nitrogens with two attached hydrogens (primary N) is 1. The molecule has 5 N–H and O–H groups in total. The second-order valence-corrected chi connectivity index (χ2v) is 3.36. The van der Waals surface area contributed by atoms with Crippen molar-refractivity contribution < 1.29 is 19.8 Å². The number of carboxylic acids is 1. The zero-order valence-corrected chi connectivity index (χ0v) is 8.77. The first kappa shape index (κ1) is 13.9. The molecule has 0 fully saturated rings. The largest absolute Gasteiger partial charge is 0.480 e. The second-order valence-electron chi connectivity index (χ2n) is 3.36. The first-order chi connectivity index (χ1) is 6.97. The van der Waals surface area contributed by atoms with E-state index in [0.717, 1.165) is 6.42 Å². The number of rotatable bonds is 7. The fraction of sp³-hybridized carbons (Fsp3) is 0.778. The van der Waals surface area contributed by atoms with Gasteiger partial charge in [0, 0.05) is 6.42 Å². The van der Waals surface area contributed by atoms with Crippen LogP contribution in [-0.4, -0.2) is 34.4 Å². The Morgan fingerprint density at radius 3 is 2.47 bits per heavy atom. The van der Waals surface area contributed by atoms with Gasteiger partial charge < -0.3 is 21.3 Å². The molecule has 0 saturated carbocycles. The van der Waals surface area contributed by atoms with Gasteiger partial charge in [-0.15, -0.1) is 0 Å². The van der Waals surface area contributed by atoms with Crippen molar-refractivity contribution in [3.63, 3.8) is 0 Å². The molecule has 15 heavy (non-hydrogen) atoms. The normalized spacial score (nSPS) is 14.3. The molecule has 88 valence electrons. The lowest BCUT2D eigenvalue weighted by Gasteiger charge is -2.12. The predicted octanol–water partition coefficient (Wildman–Crippen LogP) is -0.587. The lowest BCUT2D eigenvalue weighted by atomic mass is 10.1. The molecule has 0 saturated heterocycles. The van der Waals surface area contributed by atoms with Crippen LogP contribution in [0, 0.1) is 0 Å². The van der Waals surface area contributed by atoms with E-state index in [1.54, 1.807) is 0 Å². The zero-order chi connectivity index (χ0) is 11.8. The fourth-order valence-electron chi connectivity index (χ4n) is 1.01. The second kappa shape index (κ2) is 7.19. The van der Waals surface area contributed by atoms with Gasteiger partial charge in [0.05, 0.1) is 0 Å². The molecule has 0 aromatic carbocycles. The lowest BCUT2D eigenvalue weighted by molar-refractivity contribution is -0.138. The van der Waals surface area contributed by atoms with Crippen molar-refractivity contribution in [1.29, 1.82) is 0 Å². The standard InChI is InChI=1S/C9H18N2O4/c1-2-3-7(12)11-8(13)5-4-6(10)9(14)15/h6-7,12H,2-5,10H2,1H3,(H,11,13)(H,14,15). The molecule has 1 amide bonds. The molecular weight excluding hydrogens is 200 g/mol. The molecule has 0 aliphatic heterocycles. The van der Waals surface area contributed by atoms with Crippen molar-refractivity contribution in [2.75, 3.05) is 0 Å². The summed E-state index contributed by atoms with van der Waals surface area (Å²) in [4.78, 5) is 21.5. The minimum Gasteiger partial charge on any atom is -0.480 e. The summed E-state index contributed by atoms with van der Waals surface area (Å²) in [5, 5.41) is 20.0. The number of carbonyl (C=O) groups is 2. The van der Waals surface area contributed by atoms with E-state index in [9.17, 15) is 14.7 Å². The van der Waals surface area contributed by atoms with Crippen molar-refractivity contribution in [1.82, 2.24) is 5.32 Å². The van der Waals surface area contributed by atoms with E-state index in [4.69, 9.17) is 10.8 Å². The average molecular weight is 218 g/mol. The predicted molar refractivity (Wildman–Crippen MR) is 53.9 cm³/mol. The number of hydrogen-bond acceptors (Lipinski definition) is 4. The van der Waals surface area contributed by atoms with Crippen molar-refractivity contribution >= 4 is 11.9 Å². The Morgan fingerprint density at radius 1 is 1.40 bits per heavy atom. The number of aliphatic carboxylic acids is 1. The quantitative estimate of drug-likeness (QED) is 0.427. The fourth-order valence-corrected chi connectivity index (χ4v) is 1.01. The number of aliphatic hydroxyl groups excluding tert-OH is 1. The highest BCUT2D eigenvalue weighted by Gasteiger charge is 2.14. The molecule has 0 aromatic rings. The van der Waals surface area contributed by atoms with Gasteiger partial charge in [-0.25, -0.2) is 0 Å². The molecule has 2 atom stereocenters. The van der Waals surface area contributed by atoms with Crippen LogP contribution in [0.4, 0.5) is 0 Å². The first-order valence-electron chi connectivity index (χ1n) is 4.93. The summed E-state index contributed by atoms with van der Waals surface area (Å²) in [6.07, 6.45) is 0.463. The van der Waals surface area contributed by atoms with Gasteiger partial charge in [-0.2, -0.15) is 0 Å². The van der Waals surface area contributed by atoms with Crippen LogP contribution in [-0.2, 0) is 9.59 Å². The summed E-state index contributed by atoms with van der Waals surface area (Å²) in [6.45, 7) is 1.88. The number of aliphatic hydroxyl groups is 1. The highest BCUT2D eigenvalue weighted by Crippen LogP contribution is 1.97. The van der Waals surface area contributed by atoms with E-state index < -0.39 is 18.2 Å². The monoisotopic (exact) mass is 218 g/mol. The third kappa shape index (κ3) is 6.87. The summed E-state index contributed by atoms with van der Waals surface area (Å²) >= 11 is 0. The van der Waals surface area contributed by atoms with Crippen LogP contribution in [0.2, 0.25) is 0 Å². The maximum Gasteiger partial charge on any atom is 0.320 e. The Morgan fingerprint density at radius 2 is 2.00 bits per heavy atom. The highest BCUT2D eigenvalue weighted by atomic mass is 16.4. The van der Waals surface area contributed by atoms with Gasteiger partial charge in [-0.3, -0.25) is 9.59 Å². The Balaban J connectivity index is 3.70. The zero-order valence-electron chi connectivity index (χ0n) is 8.77. The molecule has 0 bridgehead atoms. The van der Waals surface area contributed by atoms with Gasteiger partial charge in [-0.1, -0.05) is 13.3 Å². The van der Waals surface area contributed by atoms with Crippen molar-refractivity contribution in [2.24, 2.45) is 5.73 Å². The smallest absolute Gasteiger partial charge is 0.320 e. The molecule has 0 aromatic heterocycles. The maximum absolute atomic E-state index is 11.1. The van der Waals surface area contributed by atoms with Crippen LogP contribution in [0.3, 0.4) is 0 Å². The number of amides is 1. The van der Waals surface area contributed by atoms with Crippen LogP contribution >= 0.6 is 0 Å². The van der Waals surface area contributed by atoms with Crippen LogP contribution < -0.4 is 11.1 Å². The highest BCUT2D eigenvalue weighted by molar-refractivity contribution is 5.78. The molecule has 0 aliphatic carbocycles. The Kier molecular flexibility index (Phi) is 6.64. The molecule has 0 aliphatic rings. The van der Waals surface area contributed by atoms with Crippen LogP contribution in [0.1, 0.15) is 32.6 Å². The minimum atomic E-state index is -1.13. The molecule has 6 heteroatoms. The third-order valence-electron chi connectivity index (χ3n) is 1.89. The number of nitrogens with one attached hydrogen (secondary N) is 1. The molecule has 0 spiro atoms.